The normalized spacial score (nSPS) is 23.7. The number of nitrogens with one attached hydrogen (secondary N) is 2. The first-order chi connectivity index (χ1) is 12.5. The number of likely N-dealkylation sites (tertiary alicyclic amines) is 1. The highest BCUT2D eigenvalue weighted by molar-refractivity contribution is 6.07. The maximum absolute atomic E-state index is 12.9. The topological polar surface area (TPSA) is 97.0 Å². The van der Waals surface area contributed by atoms with Crippen molar-refractivity contribution < 1.29 is 23.9 Å². The zero-order valence-corrected chi connectivity index (χ0v) is 14.5. The number of hydrogen-bond donors (Lipinski definition) is 2. The molecule has 0 saturated carbocycles. The molecule has 8 nitrogen and oxygen atoms in total. The number of ether oxygens (including phenoxy) is 2. The Morgan fingerprint density at radius 2 is 2.08 bits per heavy atom. The van der Waals surface area contributed by atoms with Gasteiger partial charge in [0.05, 0.1) is 13.0 Å². The number of rotatable bonds is 2. The first kappa shape index (κ1) is 16.7. The molecule has 3 aliphatic rings. The third-order valence-corrected chi connectivity index (χ3v) is 5.47. The highest BCUT2D eigenvalue weighted by Gasteiger charge is 2.48. The molecule has 4 amide bonds. The van der Waals surface area contributed by atoms with Crippen LogP contribution in [0.3, 0.4) is 0 Å². The molecule has 0 radical (unpaired) electrons. The molecule has 26 heavy (non-hydrogen) atoms. The number of hydrogen-bond acceptors (Lipinski definition) is 5. The number of carbonyl (C=O) groups is 3. The summed E-state index contributed by atoms with van der Waals surface area (Å²) in [4.78, 5) is 38.0. The van der Waals surface area contributed by atoms with Crippen molar-refractivity contribution in [1.29, 1.82) is 0 Å². The molecule has 0 aliphatic carbocycles. The molecule has 0 aromatic heterocycles. The summed E-state index contributed by atoms with van der Waals surface area (Å²) in [6.45, 7) is 1.22. The van der Waals surface area contributed by atoms with Crippen LogP contribution in [-0.4, -0.2) is 55.1 Å². The van der Waals surface area contributed by atoms with Crippen molar-refractivity contribution in [3.63, 3.8) is 0 Å². The first-order valence-corrected chi connectivity index (χ1v) is 8.73. The van der Waals surface area contributed by atoms with Gasteiger partial charge in [0, 0.05) is 19.2 Å². The van der Waals surface area contributed by atoms with Gasteiger partial charge in [-0.05, 0) is 30.9 Å². The Hall–Kier alpha value is -2.77. The number of methoxy groups -OCH3 is 1. The number of fused-ring (bicyclic) bond motifs is 1. The molecular weight excluding hydrogens is 338 g/mol. The fourth-order valence-corrected chi connectivity index (χ4v) is 3.89. The summed E-state index contributed by atoms with van der Waals surface area (Å²) in [5.41, 5.74) is 0.131. The molecule has 4 rings (SSSR count). The van der Waals surface area contributed by atoms with E-state index >= 15 is 0 Å². The van der Waals surface area contributed by atoms with Crippen molar-refractivity contribution in [3.05, 3.63) is 23.8 Å². The molecule has 1 unspecified atom stereocenters. The lowest BCUT2D eigenvalue weighted by Gasteiger charge is -2.39. The highest BCUT2D eigenvalue weighted by atomic mass is 16.5. The van der Waals surface area contributed by atoms with Gasteiger partial charge >= 0.3 is 6.03 Å². The molecule has 1 aromatic carbocycles. The van der Waals surface area contributed by atoms with Gasteiger partial charge in [0.1, 0.15) is 23.6 Å². The van der Waals surface area contributed by atoms with Crippen molar-refractivity contribution in [2.45, 2.75) is 24.8 Å². The second-order valence-electron chi connectivity index (χ2n) is 7.00. The summed E-state index contributed by atoms with van der Waals surface area (Å²) in [5.74, 6) is 0.990. The van der Waals surface area contributed by atoms with Crippen LogP contribution < -0.4 is 20.1 Å². The Bertz CT molecular complexity index is 770. The van der Waals surface area contributed by atoms with Gasteiger partial charge in [0.15, 0.2) is 0 Å². The van der Waals surface area contributed by atoms with E-state index in [-0.39, 0.29) is 17.7 Å². The maximum atomic E-state index is 12.9. The zero-order chi connectivity index (χ0) is 18.3. The molecule has 2 saturated heterocycles. The number of imide groups is 1. The van der Waals surface area contributed by atoms with Crippen LogP contribution in [0.25, 0.3) is 0 Å². The van der Waals surface area contributed by atoms with Crippen LogP contribution in [0.4, 0.5) is 4.79 Å². The van der Waals surface area contributed by atoms with Crippen LogP contribution in [0.15, 0.2) is 18.2 Å². The standard InChI is InChI=1S/C18H21N3O5/c1-25-13-3-2-11-8-12(10-26-14(11)9-13)15(22)21-6-4-18(5-7-21)16(23)19-17(24)20-18/h2-3,9,12H,4-8,10H2,1H3,(H2,19,20,23,24). The van der Waals surface area contributed by atoms with Gasteiger partial charge in [-0.3, -0.25) is 14.9 Å². The maximum Gasteiger partial charge on any atom is 0.322 e. The van der Waals surface area contributed by atoms with Gasteiger partial charge in [0.25, 0.3) is 5.91 Å². The number of nitrogens with zero attached hydrogens (tertiary/aromatic N) is 1. The minimum atomic E-state index is -0.861. The highest BCUT2D eigenvalue weighted by Crippen LogP contribution is 2.33. The Labute approximate surface area is 150 Å². The van der Waals surface area contributed by atoms with Crippen molar-refractivity contribution in [2.75, 3.05) is 26.8 Å². The summed E-state index contributed by atoms with van der Waals surface area (Å²) < 4.78 is 11.0. The molecule has 2 N–H and O–H groups in total. The molecule has 1 aromatic rings. The largest absolute Gasteiger partial charge is 0.497 e. The summed E-state index contributed by atoms with van der Waals surface area (Å²) in [7, 11) is 1.60. The monoisotopic (exact) mass is 359 g/mol. The molecule has 3 aliphatic heterocycles. The van der Waals surface area contributed by atoms with Crippen LogP contribution in [0.5, 0.6) is 11.5 Å². The Kier molecular flexibility index (Phi) is 3.97. The quantitative estimate of drug-likeness (QED) is 0.747. The minimum absolute atomic E-state index is 0.0334. The smallest absolute Gasteiger partial charge is 0.322 e. The molecule has 1 spiro atoms. The fourth-order valence-electron chi connectivity index (χ4n) is 3.89. The SMILES string of the molecule is COc1ccc2c(c1)OCC(C(=O)N1CCC3(CC1)NC(=O)NC3=O)C2. The van der Waals surface area contributed by atoms with Crippen LogP contribution in [-0.2, 0) is 16.0 Å². The van der Waals surface area contributed by atoms with Crippen molar-refractivity contribution in [3.8, 4) is 11.5 Å². The Morgan fingerprint density at radius 3 is 2.73 bits per heavy atom. The number of piperidine rings is 1. The minimum Gasteiger partial charge on any atom is -0.497 e. The number of amides is 4. The van der Waals surface area contributed by atoms with Gasteiger partial charge < -0.3 is 19.7 Å². The molecular formula is C18H21N3O5. The van der Waals surface area contributed by atoms with Gasteiger partial charge in [-0.2, -0.15) is 0 Å². The van der Waals surface area contributed by atoms with Gasteiger partial charge in [0.2, 0.25) is 5.91 Å². The number of benzene rings is 1. The van der Waals surface area contributed by atoms with Crippen LogP contribution in [0.1, 0.15) is 18.4 Å². The first-order valence-electron chi connectivity index (χ1n) is 8.73. The lowest BCUT2D eigenvalue weighted by molar-refractivity contribution is -0.140. The molecule has 0 bridgehead atoms. The van der Waals surface area contributed by atoms with E-state index in [4.69, 9.17) is 9.47 Å². The predicted octanol–water partition coefficient (Wildman–Crippen LogP) is 0.447. The van der Waals surface area contributed by atoms with Gasteiger partial charge in [-0.15, -0.1) is 0 Å². The summed E-state index contributed by atoms with van der Waals surface area (Å²) in [5, 5.41) is 4.99. The summed E-state index contributed by atoms with van der Waals surface area (Å²) in [6.07, 6.45) is 1.48. The molecule has 138 valence electrons. The summed E-state index contributed by atoms with van der Waals surface area (Å²) >= 11 is 0. The molecule has 8 heteroatoms. The Morgan fingerprint density at radius 1 is 1.31 bits per heavy atom. The number of carbonyl (C=O) groups excluding carboxylic acids is 3. The fraction of sp³-hybridized carbons (Fsp3) is 0.500. The molecule has 2 fully saturated rings. The van der Waals surface area contributed by atoms with Crippen molar-refractivity contribution in [1.82, 2.24) is 15.5 Å². The van der Waals surface area contributed by atoms with Crippen LogP contribution >= 0.6 is 0 Å². The van der Waals surface area contributed by atoms with Crippen LogP contribution in [0, 0.1) is 5.92 Å². The predicted molar refractivity (Wildman–Crippen MR) is 90.9 cm³/mol. The second-order valence-corrected chi connectivity index (χ2v) is 7.00. The van der Waals surface area contributed by atoms with E-state index in [0.29, 0.717) is 39.0 Å². The van der Waals surface area contributed by atoms with E-state index in [9.17, 15) is 14.4 Å². The average molecular weight is 359 g/mol. The van der Waals surface area contributed by atoms with Crippen molar-refractivity contribution in [2.24, 2.45) is 5.92 Å². The van der Waals surface area contributed by atoms with E-state index in [0.717, 1.165) is 17.1 Å². The molecule has 3 heterocycles. The van der Waals surface area contributed by atoms with E-state index < -0.39 is 11.6 Å². The second kappa shape index (κ2) is 6.19. The van der Waals surface area contributed by atoms with Gasteiger partial charge in [-0.1, -0.05) is 6.07 Å². The molecule has 1 atom stereocenters. The summed E-state index contributed by atoms with van der Waals surface area (Å²) in [6, 6.07) is 5.17. The third-order valence-electron chi connectivity index (χ3n) is 5.47. The average Bonchev–Trinajstić information content (AvgIpc) is 2.93. The lowest BCUT2D eigenvalue weighted by atomic mass is 9.86. The van der Waals surface area contributed by atoms with Crippen molar-refractivity contribution >= 4 is 17.8 Å². The zero-order valence-electron chi connectivity index (χ0n) is 14.5. The number of urea groups is 1. The Balaban J connectivity index is 1.40. The van der Waals surface area contributed by atoms with E-state index in [2.05, 4.69) is 10.6 Å². The lowest BCUT2D eigenvalue weighted by Crippen LogP contribution is -2.56. The van der Waals surface area contributed by atoms with E-state index in [1.54, 1.807) is 12.0 Å². The third kappa shape index (κ3) is 2.75. The van der Waals surface area contributed by atoms with E-state index in [1.807, 2.05) is 18.2 Å². The van der Waals surface area contributed by atoms with E-state index in [1.165, 1.54) is 0 Å². The van der Waals surface area contributed by atoms with Gasteiger partial charge in [-0.25, -0.2) is 4.79 Å². The van der Waals surface area contributed by atoms with Crippen LogP contribution in [0.2, 0.25) is 0 Å².